The number of hydrogen-bond acceptors (Lipinski definition) is 5. The van der Waals surface area contributed by atoms with Gasteiger partial charge in [-0.25, -0.2) is 13.1 Å². The van der Waals surface area contributed by atoms with E-state index in [0.29, 0.717) is 34.9 Å². The molecule has 0 spiro atoms. The molecule has 12 heteroatoms. The minimum atomic E-state index is -4.76. The Kier molecular flexibility index (Phi) is 8.80. The van der Waals surface area contributed by atoms with E-state index in [1.54, 1.807) is 31.2 Å². The van der Waals surface area contributed by atoms with Crippen molar-refractivity contribution in [2.24, 2.45) is 4.99 Å². The van der Waals surface area contributed by atoms with Gasteiger partial charge in [-0.1, -0.05) is 23.7 Å². The van der Waals surface area contributed by atoms with Crippen LogP contribution in [-0.2, 0) is 23.1 Å². The second kappa shape index (κ2) is 11.4. The van der Waals surface area contributed by atoms with Gasteiger partial charge in [0, 0.05) is 23.5 Å². The Labute approximate surface area is 204 Å². The van der Waals surface area contributed by atoms with Crippen LogP contribution in [0.1, 0.15) is 18.9 Å². The average Bonchev–Trinajstić information content (AvgIpc) is 3.18. The number of benzene rings is 2. The summed E-state index contributed by atoms with van der Waals surface area (Å²) < 4.78 is 69.2. The van der Waals surface area contributed by atoms with Gasteiger partial charge in [0.15, 0.2) is 4.80 Å². The van der Waals surface area contributed by atoms with Crippen LogP contribution in [0, 0.1) is 0 Å². The molecular weight excluding hydrogens is 511 g/mol. The molecule has 1 aromatic heterocycles. The summed E-state index contributed by atoms with van der Waals surface area (Å²) in [4.78, 5) is 5.40. The fourth-order valence-corrected chi connectivity index (χ4v) is 4.77. The lowest BCUT2D eigenvalue weighted by Gasteiger charge is -2.12. The second-order valence-corrected chi connectivity index (χ2v) is 10.6. The lowest BCUT2D eigenvalue weighted by Crippen LogP contribution is -2.28. The van der Waals surface area contributed by atoms with Crippen molar-refractivity contribution in [3.05, 3.63) is 69.3 Å². The first-order chi connectivity index (χ1) is 16.1. The summed E-state index contributed by atoms with van der Waals surface area (Å²) in [7, 11) is -3.30. The smallest absolute Gasteiger partial charge is 0.406 e. The zero-order valence-corrected chi connectivity index (χ0v) is 20.6. The molecule has 0 radical (unpaired) electrons. The first-order valence-corrected chi connectivity index (χ1v) is 13.2. The van der Waals surface area contributed by atoms with Crippen LogP contribution in [-0.4, -0.2) is 31.6 Å². The highest BCUT2D eigenvalue weighted by Crippen LogP contribution is 2.27. The van der Waals surface area contributed by atoms with E-state index >= 15 is 0 Å². The molecule has 3 rings (SSSR count). The van der Waals surface area contributed by atoms with E-state index < -0.39 is 16.4 Å². The van der Waals surface area contributed by atoms with Crippen molar-refractivity contribution in [3.63, 3.8) is 0 Å². The van der Waals surface area contributed by atoms with Crippen LogP contribution in [0.2, 0.25) is 5.02 Å². The van der Waals surface area contributed by atoms with Crippen LogP contribution < -0.4 is 14.3 Å². The number of nitrogens with zero attached hydrogens (tertiary/aromatic N) is 2. The van der Waals surface area contributed by atoms with E-state index in [1.807, 2.05) is 22.1 Å². The highest BCUT2D eigenvalue weighted by atomic mass is 35.5. The predicted octanol–water partition coefficient (Wildman–Crippen LogP) is 5.20. The number of nitrogens with one attached hydrogen (secondary N) is 1. The van der Waals surface area contributed by atoms with E-state index in [1.165, 1.54) is 23.5 Å². The standard InChI is InChI=1S/C22H23ClF3N3O3S2/c1-2-34(30,31)28-12-3-13-29-20(17-6-10-19(11-7-17)32-22(24,25)26)15-33-21(29)27-14-16-4-8-18(23)9-5-16/h4-11,15,28H,2-3,12-14H2,1H3. The maximum atomic E-state index is 12.5. The second-order valence-electron chi connectivity index (χ2n) is 7.22. The molecule has 3 aromatic rings. The number of halogens is 4. The third-order valence-corrected chi connectivity index (χ3v) is 7.31. The molecule has 0 saturated heterocycles. The van der Waals surface area contributed by atoms with Crippen molar-refractivity contribution >= 4 is 33.0 Å². The quantitative estimate of drug-likeness (QED) is 0.364. The van der Waals surface area contributed by atoms with Crippen LogP contribution in [0.5, 0.6) is 5.75 Å². The molecule has 0 bridgehead atoms. The number of hydrogen-bond donors (Lipinski definition) is 1. The molecule has 1 heterocycles. The molecule has 0 fully saturated rings. The number of alkyl halides is 3. The molecule has 0 amide bonds. The Morgan fingerprint density at radius 3 is 2.41 bits per heavy atom. The third-order valence-electron chi connectivity index (χ3n) is 4.75. The molecule has 0 aliphatic carbocycles. The predicted molar refractivity (Wildman–Crippen MR) is 127 cm³/mol. The van der Waals surface area contributed by atoms with Gasteiger partial charge in [0.05, 0.1) is 18.0 Å². The number of rotatable bonds is 10. The fraction of sp³-hybridized carbons (Fsp3) is 0.318. The van der Waals surface area contributed by atoms with Crippen LogP contribution in [0.15, 0.2) is 58.9 Å². The van der Waals surface area contributed by atoms with Crippen molar-refractivity contribution in [3.8, 4) is 17.0 Å². The largest absolute Gasteiger partial charge is 0.573 e. The van der Waals surface area contributed by atoms with Crippen molar-refractivity contribution in [1.82, 2.24) is 9.29 Å². The maximum Gasteiger partial charge on any atom is 0.573 e. The molecule has 1 N–H and O–H groups in total. The van der Waals surface area contributed by atoms with Gasteiger partial charge in [0.25, 0.3) is 0 Å². The third kappa shape index (κ3) is 7.86. The summed E-state index contributed by atoms with van der Waals surface area (Å²) in [5, 5.41) is 2.50. The number of thiazole rings is 1. The Bertz CT molecular complexity index is 1250. The Hall–Kier alpha value is -2.34. The topological polar surface area (TPSA) is 72.7 Å². The average molecular weight is 534 g/mol. The zero-order chi connectivity index (χ0) is 24.8. The summed E-state index contributed by atoms with van der Waals surface area (Å²) in [6, 6.07) is 12.9. The van der Waals surface area contributed by atoms with Crippen molar-refractivity contribution in [2.45, 2.75) is 32.8 Å². The van der Waals surface area contributed by atoms with Gasteiger partial charge >= 0.3 is 6.36 Å². The monoisotopic (exact) mass is 533 g/mol. The lowest BCUT2D eigenvalue weighted by atomic mass is 10.1. The molecule has 184 valence electrons. The molecule has 0 atom stereocenters. The molecule has 0 saturated carbocycles. The highest BCUT2D eigenvalue weighted by Gasteiger charge is 2.31. The van der Waals surface area contributed by atoms with E-state index in [2.05, 4.69) is 14.5 Å². The fourth-order valence-electron chi connectivity index (χ4n) is 3.04. The van der Waals surface area contributed by atoms with Gasteiger partial charge < -0.3 is 9.30 Å². The van der Waals surface area contributed by atoms with Crippen molar-refractivity contribution < 1.29 is 26.3 Å². The molecular formula is C22H23ClF3N3O3S2. The van der Waals surface area contributed by atoms with Crippen molar-refractivity contribution in [1.29, 1.82) is 0 Å². The molecule has 0 aliphatic heterocycles. The molecule has 6 nitrogen and oxygen atoms in total. The number of ether oxygens (including phenoxy) is 1. The maximum absolute atomic E-state index is 12.5. The zero-order valence-electron chi connectivity index (χ0n) is 18.2. The van der Waals surface area contributed by atoms with Gasteiger partial charge in [0.1, 0.15) is 5.75 Å². The molecule has 0 unspecified atom stereocenters. The van der Waals surface area contributed by atoms with Crippen LogP contribution >= 0.6 is 22.9 Å². The summed E-state index contributed by atoms with van der Waals surface area (Å²) in [6.07, 6.45) is -4.25. The van der Waals surface area contributed by atoms with Gasteiger partial charge in [0.2, 0.25) is 10.0 Å². The summed E-state index contributed by atoms with van der Waals surface area (Å²) in [5.41, 5.74) is 2.42. The first-order valence-electron chi connectivity index (χ1n) is 10.3. The summed E-state index contributed by atoms with van der Waals surface area (Å²) in [5.74, 6) is -0.308. The summed E-state index contributed by atoms with van der Waals surface area (Å²) >= 11 is 7.33. The molecule has 0 aliphatic rings. The normalized spacial score (nSPS) is 12.8. The van der Waals surface area contributed by atoms with Gasteiger partial charge in [-0.15, -0.1) is 24.5 Å². The van der Waals surface area contributed by atoms with Gasteiger partial charge in [-0.3, -0.25) is 4.99 Å². The lowest BCUT2D eigenvalue weighted by molar-refractivity contribution is -0.274. The molecule has 34 heavy (non-hydrogen) atoms. The van der Waals surface area contributed by atoms with Crippen LogP contribution in [0.3, 0.4) is 0 Å². The Balaban J connectivity index is 1.86. The SMILES string of the molecule is CCS(=O)(=O)NCCCn1c(-c2ccc(OC(F)(F)F)cc2)csc1=NCc1ccc(Cl)cc1. The van der Waals surface area contributed by atoms with Crippen LogP contribution in [0.25, 0.3) is 11.3 Å². The summed E-state index contributed by atoms with van der Waals surface area (Å²) in [6.45, 7) is 2.70. The Morgan fingerprint density at radius 1 is 1.12 bits per heavy atom. The minimum Gasteiger partial charge on any atom is -0.406 e. The van der Waals surface area contributed by atoms with E-state index in [-0.39, 0.29) is 18.0 Å². The number of sulfonamides is 1. The van der Waals surface area contributed by atoms with E-state index in [0.717, 1.165) is 11.3 Å². The highest BCUT2D eigenvalue weighted by molar-refractivity contribution is 7.89. The Morgan fingerprint density at radius 2 is 1.79 bits per heavy atom. The minimum absolute atomic E-state index is 0.00212. The van der Waals surface area contributed by atoms with Crippen LogP contribution in [0.4, 0.5) is 13.2 Å². The van der Waals surface area contributed by atoms with Gasteiger partial charge in [-0.05, 0) is 60.9 Å². The number of aromatic nitrogens is 1. The van der Waals surface area contributed by atoms with E-state index in [9.17, 15) is 21.6 Å². The van der Waals surface area contributed by atoms with Gasteiger partial charge in [-0.2, -0.15) is 0 Å². The van der Waals surface area contributed by atoms with E-state index in [4.69, 9.17) is 11.6 Å². The first kappa shape index (κ1) is 26.3. The molecule has 2 aromatic carbocycles. The van der Waals surface area contributed by atoms with Crippen molar-refractivity contribution in [2.75, 3.05) is 12.3 Å².